The van der Waals surface area contributed by atoms with Gasteiger partial charge in [-0.2, -0.15) is 0 Å². The molecule has 0 amide bonds. The smallest absolute Gasteiger partial charge is 0.335 e. The molecule has 2 atom stereocenters. The van der Waals surface area contributed by atoms with Gasteiger partial charge in [-0.05, 0) is 84.8 Å². The number of rotatable bonds is 11. The Bertz CT molecular complexity index is 1410. The maximum Gasteiger partial charge on any atom is 0.335 e. The highest BCUT2D eigenvalue weighted by Gasteiger charge is 2.21. The fourth-order valence-corrected chi connectivity index (χ4v) is 4.90. The second-order valence-electron chi connectivity index (χ2n) is 10.7. The standard InChI is InChI=1S/C33H37NO4/c1-22-15-27(18-28(16-22)32(36)37)31-12-8-7-11-30(31)23(2)38-21-29(35)20-34-33(3,4)19-24-13-14-25-9-5-6-10-26(25)17-24/h5-18,23,29,34-35H,19-21H2,1-4H3,(H,36,37)/t23?,29-/m1/s1. The highest BCUT2D eigenvalue weighted by Crippen LogP contribution is 2.31. The molecule has 1 unspecified atom stereocenters. The van der Waals surface area contributed by atoms with Crippen LogP contribution in [-0.4, -0.2) is 41.0 Å². The van der Waals surface area contributed by atoms with Crippen LogP contribution in [0.4, 0.5) is 0 Å². The minimum absolute atomic E-state index is 0.183. The topological polar surface area (TPSA) is 78.8 Å². The van der Waals surface area contributed by atoms with E-state index in [9.17, 15) is 15.0 Å². The van der Waals surface area contributed by atoms with Crippen LogP contribution in [0.2, 0.25) is 0 Å². The molecule has 0 fully saturated rings. The third-order valence-electron chi connectivity index (χ3n) is 6.85. The van der Waals surface area contributed by atoms with E-state index in [0.717, 1.165) is 28.7 Å². The Kier molecular flexibility index (Phi) is 8.62. The Labute approximate surface area is 225 Å². The van der Waals surface area contributed by atoms with Crippen LogP contribution in [0, 0.1) is 6.92 Å². The molecular weight excluding hydrogens is 474 g/mol. The lowest BCUT2D eigenvalue weighted by molar-refractivity contribution is -0.00397. The number of hydrogen-bond donors (Lipinski definition) is 3. The van der Waals surface area contributed by atoms with Gasteiger partial charge in [0.2, 0.25) is 0 Å². The summed E-state index contributed by atoms with van der Waals surface area (Å²) in [4.78, 5) is 11.6. The maximum atomic E-state index is 11.6. The molecule has 0 saturated heterocycles. The maximum absolute atomic E-state index is 11.6. The van der Waals surface area contributed by atoms with Gasteiger partial charge in [-0.15, -0.1) is 0 Å². The number of aryl methyl sites for hydroxylation is 1. The molecular formula is C33H37NO4. The third kappa shape index (κ3) is 7.07. The van der Waals surface area contributed by atoms with E-state index >= 15 is 0 Å². The van der Waals surface area contributed by atoms with Crippen molar-refractivity contribution >= 4 is 16.7 Å². The normalized spacial score (nSPS) is 13.4. The van der Waals surface area contributed by atoms with Crippen molar-refractivity contribution in [2.75, 3.05) is 13.2 Å². The van der Waals surface area contributed by atoms with Gasteiger partial charge in [0.1, 0.15) is 0 Å². The molecule has 0 bridgehead atoms. The quantitative estimate of drug-likeness (QED) is 0.212. The molecule has 0 radical (unpaired) electrons. The summed E-state index contributed by atoms with van der Waals surface area (Å²) in [6.45, 7) is 8.72. The third-order valence-corrected chi connectivity index (χ3v) is 6.85. The first-order valence-corrected chi connectivity index (χ1v) is 13.1. The van der Waals surface area contributed by atoms with E-state index in [0.29, 0.717) is 6.54 Å². The molecule has 5 nitrogen and oxygen atoms in total. The van der Waals surface area contributed by atoms with Crippen molar-refractivity contribution in [1.29, 1.82) is 0 Å². The molecule has 0 heterocycles. The van der Waals surface area contributed by atoms with Crippen LogP contribution in [0.1, 0.15) is 53.9 Å². The fraction of sp³-hybridized carbons (Fsp3) is 0.303. The van der Waals surface area contributed by atoms with Crippen molar-refractivity contribution in [2.24, 2.45) is 0 Å². The van der Waals surface area contributed by atoms with E-state index < -0.39 is 12.1 Å². The Morgan fingerprint density at radius 1 is 0.947 bits per heavy atom. The summed E-state index contributed by atoms with van der Waals surface area (Å²) in [6, 6.07) is 28.1. The average molecular weight is 512 g/mol. The molecule has 0 saturated carbocycles. The average Bonchev–Trinajstić information content (AvgIpc) is 2.90. The Morgan fingerprint density at radius 3 is 2.42 bits per heavy atom. The van der Waals surface area contributed by atoms with Crippen LogP contribution >= 0.6 is 0 Å². The Morgan fingerprint density at radius 2 is 1.66 bits per heavy atom. The number of hydrogen-bond acceptors (Lipinski definition) is 4. The van der Waals surface area contributed by atoms with Crippen molar-refractivity contribution < 1.29 is 19.7 Å². The predicted octanol–water partition coefficient (Wildman–Crippen LogP) is 6.56. The highest BCUT2D eigenvalue weighted by molar-refractivity contribution is 5.90. The fourth-order valence-electron chi connectivity index (χ4n) is 4.90. The van der Waals surface area contributed by atoms with E-state index in [-0.39, 0.29) is 23.8 Å². The molecule has 4 rings (SSSR count). The molecule has 0 aliphatic heterocycles. The minimum atomic E-state index is -0.948. The summed E-state index contributed by atoms with van der Waals surface area (Å²) >= 11 is 0. The molecule has 0 spiro atoms. The second kappa shape index (κ2) is 11.9. The van der Waals surface area contributed by atoms with Crippen molar-refractivity contribution in [3.8, 4) is 11.1 Å². The first kappa shape index (κ1) is 27.5. The largest absolute Gasteiger partial charge is 0.478 e. The summed E-state index contributed by atoms with van der Waals surface area (Å²) < 4.78 is 6.09. The second-order valence-corrected chi connectivity index (χ2v) is 10.7. The number of ether oxygens (including phenoxy) is 1. The van der Waals surface area contributed by atoms with Gasteiger partial charge in [0, 0.05) is 12.1 Å². The Balaban J connectivity index is 1.35. The lowest BCUT2D eigenvalue weighted by atomic mass is 9.93. The van der Waals surface area contributed by atoms with E-state index in [1.54, 1.807) is 12.1 Å². The number of aliphatic hydroxyl groups excluding tert-OH is 1. The van der Waals surface area contributed by atoms with Gasteiger partial charge < -0.3 is 20.3 Å². The van der Waals surface area contributed by atoms with Gasteiger partial charge >= 0.3 is 5.97 Å². The highest BCUT2D eigenvalue weighted by atomic mass is 16.5. The molecule has 0 aliphatic carbocycles. The number of aliphatic hydroxyl groups is 1. The van der Waals surface area contributed by atoms with Gasteiger partial charge in [0.25, 0.3) is 0 Å². The summed E-state index contributed by atoms with van der Waals surface area (Å²) in [5.41, 5.74) is 4.91. The monoisotopic (exact) mass is 511 g/mol. The lowest BCUT2D eigenvalue weighted by Gasteiger charge is -2.28. The van der Waals surface area contributed by atoms with Crippen LogP contribution in [0.25, 0.3) is 21.9 Å². The molecule has 3 N–H and O–H groups in total. The molecule has 38 heavy (non-hydrogen) atoms. The zero-order valence-corrected chi connectivity index (χ0v) is 22.6. The van der Waals surface area contributed by atoms with Gasteiger partial charge in [-0.1, -0.05) is 72.8 Å². The first-order valence-electron chi connectivity index (χ1n) is 13.1. The summed E-state index contributed by atoms with van der Waals surface area (Å²) in [5.74, 6) is -0.948. The van der Waals surface area contributed by atoms with Gasteiger partial charge in [-0.25, -0.2) is 4.79 Å². The van der Waals surface area contributed by atoms with Crippen LogP contribution < -0.4 is 5.32 Å². The SMILES string of the molecule is Cc1cc(C(=O)O)cc(-c2ccccc2C(C)OC[C@H](O)CNC(C)(C)Cc2ccc3ccccc3c2)c1. The van der Waals surface area contributed by atoms with E-state index in [2.05, 4.69) is 55.6 Å². The van der Waals surface area contributed by atoms with Crippen molar-refractivity contribution in [1.82, 2.24) is 5.32 Å². The minimum Gasteiger partial charge on any atom is -0.478 e. The zero-order valence-electron chi connectivity index (χ0n) is 22.6. The Hall–Kier alpha value is -3.51. The molecule has 4 aromatic carbocycles. The number of nitrogens with one attached hydrogen (secondary N) is 1. The van der Waals surface area contributed by atoms with Crippen molar-refractivity contribution in [3.05, 3.63) is 107 Å². The molecule has 4 aromatic rings. The van der Waals surface area contributed by atoms with E-state index in [4.69, 9.17) is 4.74 Å². The number of carboxylic acids is 1. The van der Waals surface area contributed by atoms with Gasteiger partial charge in [-0.3, -0.25) is 0 Å². The number of benzene rings is 4. The van der Waals surface area contributed by atoms with Crippen molar-refractivity contribution in [2.45, 2.75) is 51.9 Å². The summed E-state index contributed by atoms with van der Waals surface area (Å²) in [6.07, 6.45) is -0.109. The number of aromatic carboxylic acids is 1. The first-order chi connectivity index (χ1) is 18.1. The number of carboxylic acid groups (broad SMARTS) is 1. The van der Waals surface area contributed by atoms with E-state index in [1.807, 2.05) is 50.2 Å². The van der Waals surface area contributed by atoms with E-state index in [1.165, 1.54) is 16.3 Å². The van der Waals surface area contributed by atoms with Crippen LogP contribution in [0.15, 0.2) is 84.9 Å². The van der Waals surface area contributed by atoms with Crippen LogP contribution in [0.5, 0.6) is 0 Å². The van der Waals surface area contributed by atoms with Gasteiger partial charge in [0.05, 0.1) is 24.4 Å². The molecule has 5 heteroatoms. The van der Waals surface area contributed by atoms with Gasteiger partial charge in [0.15, 0.2) is 0 Å². The molecule has 0 aliphatic rings. The number of fused-ring (bicyclic) bond motifs is 1. The lowest BCUT2D eigenvalue weighted by Crippen LogP contribution is -2.46. The predicted molar refractivity (Wildman–Crippen MR) is 154 cm³/mol. The number of β-amino-alcohol motifs (C(OH)–C–C–N with tert-alkyl or cyclic N) is 1. The zero-order chi connectivity index (χ0) is 27.3. The number of carbonyl (C=O) groups is 1. The molecule has 0 aromatic heterocycles. The molecule has 198 valence electrons. The van der Waals surface area contributed by atoms with Crippen LogP contribution in [0.3, 0.4) is 0 Å². The van der Waals surface area contributed by atoms with Crippen LogP contribution in [-0.2, 0) is 11.2 Å². The summed E-state index contributed by atoms with van der Waals surface area (Å²) in [5, 5.41) is 26.1. The summed E-state index contributed by atoms with van der Waals surface area (Å²) in [7, 11) is 0. The van der Waals surface area contributed by atoms with Crippen molar-refractivity contribution in [3.63, 3.8) is 0 Å².